The van der Waals surface area contributed by atoms with E-state index in [1.165, 1.54) is 4.88 Å². The molecule has 0 amide bonds. The van der Waals surface area contributed by atoms with Gasteiger partial charge in [-0.25, -0.2) is 0 Å². The Kier molecular flexibility index (Phi) is 7.00. The van der Waals surface area contributed by atoms with Crippen LogP contribution in [0.25, 0.3) is 0 Å². The molecule has 1 atom stereocenters. The van der Waals surface area contributed by atoms with Crippen molar-refractivity contribution in [2.24, 2.45) is 0 Å². The van der Waals surface area contributed by atoms with Crippen LogP contribution in [0.5, 0.6) is 0 Å². The van der Waals surface area contributed by atoms with E-state index >= 15 is 0 Å². The van der Waals surface area contributed by atoms with Crippen molar-refractivity contribution < 1.29 is 9.84 Å². The van der Waals surface area contributed by atoms with Crippen LogP contribution in [-0.2, 0) is 4.74 Å². The summed E-state index contributed by atoms with van der Waals surface area (Å²) in [7, 11) is 0. The summed E-state index contributed by atoms with van der Waals surface area (Å²) in [5, 5.41) is 11.9. The number of hydrogen-bond donors (Lipinski definition) is 2. The van der Waals surface area contributed by atoms with E-state index in [-0.39, 0.29) is 6.61 Å². The lowest BCUT2D eigenvalue weighted by molar-refractivity contribution is 0.0925. The summed E-state index contributed by atoms with van der Waals surface area (Å²) >= 11 is 7.51. The molecular weight excluding hydrogens is 246 g/mol. The van der Waals surface area contributed by atoms with Gasteiger partial charge in [0.2, 0.25) is 0 Å². The molecule has 0 saturated heterocycles. The summed E-state index contributed by atoms with van der Waals surface area (Å²) in [6.07, 6.45) is 1.02. The predicted molar refractivity (Wildman–Crippen MR) is 68.3 cm³/mol. The van der Waals surface area contributed by atoms with Gasteiger partial charge in [-0.2, -0.15) is 0 Å². The highest BCUT2D eigenvalue weighted by Gasteiger charge is 2.10. The van der Waals surface area contributed by atoms with Crippen molar-refractivity contribution in [2.75, 3.05) is 26.4 Å². The first kappa shape index (κ1) is 13.9. The summed E-state index contributed by atoms with van der Waals surface area (Å²) in [6, 6.07) is 4.33. The van der Waals surface area contributed by atoms with Gasteiger partial charge in [0.25, 0.3) is 0 Å². The number of aliphatic hydroxyl groups is 1. The third-order valence-electron chi connectivity index (χ3n) is 2.22. The van der Waals surface area contributed by atoms with Gasteiger partial charge in [0.05, 0.1) is 24.2 Å². The molecular formula is C11H18ClNO2S. The van der Waals surface area contributed by atoms with Gasteiger partial charge in [-0.15, -0.1) is 11.3 Å². The van der Waals surface area contributed by atoms with Crippen LogP contribution in [0.1, 0.15) is 24.3 Å². The lowest BCUT2D eigenvalue weighted by Crippen LogP contribution is -2.24. The minimum Gasteiger partial charge on any atom is -0.394 e. The molecule has 0 fully saturated rings. The van der Waals surface area contributed by atoms with Gasteiger partial charge in [-0.05, 0) is 18.6 Å². The lowest BCUT2D eigenvalue weighted by atomic mass is 10.2. The maximum Gasteiger partial charge on any atom is 0.0931 e. The number of halogens is 1. The number of ether oxygens (including phenoxy) is 1. The Labute approximate surface area is 105 Å². The summed E-state index contributed by atoms with van der Waals surface area (Å²) in [5.41, 5.74) is 0. The predicted octanol–water partition coefficient (Wildman–Crippen LogP) is 2.45. The zero-order valence-corrected chi connectivity index (χ0v) is 11.0. The second kappa shape index (κ2) is 8.03. The van der Waals surface area contributed by atoms with E-state index in [1.54, 1.807) is 11.3 Å². The molecule has 0 bridgehead atoms. The molecule has 5 heteroatoms. The first-order valence-electron chi connectivity index (χ1n) is 5.45. The van der Waals surface area contributed by atoms with Gasteiger partial charge in [-0.1, -0.05) is 18.5 Å². The van der Waals surface area contributed by atoms with Crippen LogP contribution in [-0.4, -0.2) is 31.5 Å². The molecule has 0 aliphatic heterocycles. The Morgan fingerprint density at radius 3 is 2.88 bits per heavy atom. The first-order valence-corrected chi connectivity index (χ1v) is 6.64. The van der Waals surface area contributed by atoms with E-state index in [2.05, 4.69) is 18.3 Å². The molecule has 0 spiro atoms. The molecule has 0 saturated carbocycles. The standard InChI is InChI=1S/C11H18ClNO2S/c1-2-9(10-3-4-11(12)16-10)13-5-7-15-8-6-14/h3-4,9,13-14H,2,5-8H2,1H3. The molecule has 0 aromatic carbocycles. The van der Waals surface area contributed by atoms with Crippen molar-refractivity contribution in [3.05, 3.63) is 21.3 Å². The zero-order chi connectivity index (χ0) is 11.8. The third kappa shape index (κ3) is 4.80. The fourth-order valence-electron chi connectivity index (χ4n) is 1.43. The zero-order valence-electron chi connectivity index (χ0n) is 9.41. The van der Waals surface area contributed by atoms with Crippen LogP contribution in [0.2, 0.25) is 4.34 Å². The SMILES string of the molecule is CCC(NCCOCCO)c1ccc(Cl)s1. The van der Waals surface area contributed by atoms with Crippen molar-refractivity contribution in [3.8, 4) is 0 Å². The summed E-state index contributed by atoms with van der Waals surface area (Å²) in [6.45, 7) is 4.03. The summed E-state index contributed by atoms with van der Waals surface area (Å²) in [5.74, 6) is 0. The highest BCUT2D eigenvalue weighted by Crippen LogP contribution is 2.28. The van der Waals surface area contributed by atoms with Crippen LogP contribution < -0.4 is 5.32 Å². The van der Waals surface area contributed by atoms with E-state index in [0.717, 1.165) is 17.3 Å². The lowest BCUT2D eigenvalue weighted by Gasteiger charge is -2.15. The van der Waals surface area contributed by atoms with Crippen LogP contribution in [0.4, 0.5) is 0 Å². The fourth-order valence-corrected chi connectivity index (χ4v) is 2.65. The topological polar surface area (TPSA) is 41.5 Å². The quantitative estimate of drug-likeness (QED) is 0.708. The number of aliphatic hydroxyl groups excluding tert-OH is 1. The molecule has 1 rings (SSSR count). The average molecular weight is 264 g/mol. The second-order valence-electron chi connectivity index (χ2n) is 3.39. The largest absolute Gasteiger partial charge is 0.394 e. The van der Waals surface area contributed by atoms with Crippen molar-refractivity contribution in [3.63, 3.8) is 0 Å². The molecule has 1 unspecified atom stereocenters. The van der Waals surface area contributed by atoms with E-state index in [0.29, 0.717) is 19.3 Å². The number of rotatable bonds is 8. The van der Waals surface area contributed by atoms with Crippen molar-refractivity contribution in [1.29, 1.82) is 0 Å². The fraction of sp³-hybridized carbons (Fsp3) is 0.636. The Bertz CT molecular complexity index is 293. The normalized spacial score (nSPS) is 12.9. The minimum atomic E-state index is 0.0811. The second-order valence-corrected chi connectivity index (χ2v) is 5.14. The van der Waals surface area contributed by atoms with E-state index in [4.69, 9.17) is 21.4 Å². The van der Waals surface area contributed by atoms with Crippen molar-refractivity contribution in [2.45, 2.75) is 19.4 Å². The summed E-state index contributed by atoms with van der Waals surface area (Å²) < 4.78 is 6.01. The monoisotopic (exact) mass is 263 g/mol. The van der Waals surface area contributed by atoms with Gasteiger partial charge in [0.15, 0.2) is 0 Å². The molecule has 1 aromatic heterocycles. The molecule has 0 aliphatic rings. The molecule has 16 heavy (non-hydrogen) atoms. The molecule has 0 aliphatic carbocycles. The van der Waals surface area contributed by atoms with E-state index in [1.807, 2.05) is 6.07 Å². The van der Waals surface area contributed by atoms with Gasteiger partial charge in [0.1, 0.15) is 0 Å². The van der Waals surface area contributed by atoms with Crippen molar-refractivity contribution in [1.82, 2.24) is 5.32 Å². The Morgan fingerprint density at radius 1 is 1.50 bits per heavy atom. The van der Waals surface area contributed by atoms with Crippen molar-refractivity contribution >= 4 is 22.9 Å². The maximum atomic E-state index is 8.54. The highest BCUT2D eigenvalue weighted by atomic mass is 35.5. The van der Waals surface area contributed by atoms with Gasteiger partial charge >= 0.3 is 0 Å². The minimum absolute atomic E-state index is 0.0811. The van der Waals surface area contributed by atoms with Gasteiger partial charge in [0, 0.05) is 17.5 Å². The van der Waals surface area contributed by atoms with Crippen LogP contribution in [0.15, 0.2) is 12.1 Å². The van der Waals surface area contributed by atoms with Crippen LogP contribution in [0, 0.1) is 0 Å². The van der Waals surface area contributed by atoms with Gasteiger partial charge in [-0.3, -0.25) is 0 Å². The third-order valence-corrected chi connectivity index (χ3v) is 3.56. The number of hydrogen-bond acceptors (Lipinski definition) is 4. The van der Waals surface area contributed by atoms with Crippen LogP contribution >= 0.6 is 22.9 Å². The van der Waals surface area contributed by atoms with Gasteiger partial charge < -0.3 is 15.2 Å². The van der Waals surface area contributed by atoms with E-state index in [9.17, 15) is 0 Å². The Hall–Kier alpha value is -0.130. The maximum absolute atomic E-state index is 8.54. The smallest absolute Gasteiger partial charge is 0.0931 e. The molecule has 1 aromatic rings. The number of nitrogens with one attached hydrogen (secondary N) is 1. The average Bonchev–Trinajstić information content (AvgIpc) is 2.70. The number of thiophene rings is 1. The van der Waals surface area contributed by atoms with Crippen LogP contribution in [0.3, 0.4) is 0 Å². The first-order chi connectivity index (χ1) is 7.77. The summed E-state index contributed by atoms with van der Waals surface area (Å²) in [4.78, 5) is 1.26. The van der Waals surface area contributed by atoms with E-state index < -0.39 is 0 Å². The Balaban J connectivity index is 2.27. The molecule has 2 N–H and O–H groups in total. The molecule has 3 nitrogen and oxygen atoms in total. The molecule has 0 radical (unpaired) electrons. The Morgan fingerprint density at radius 2 is 2.31 bits per heavy atom. The molecule has 92 valence electrons. The highest BCUT2D eigenvalue weighted by molar-refractivity contribution is 7.16. The molecule has 1 heterocycles.